The van der Waals surface area contributed by atoms with Gasteiger partial charge in [0, 0.05) is 17.1 Å². The second-order valence-electron chi connectivity index (χ2n) is 4.73. The van der Waals surface area contributed by atoms with Crippen LogP contribution in [-0.4, -0.2) is 24.9 Å². The van der Waals surface area contributed by atoms with Crippen LogP contribution in [0.1, 0.15) is 30.6 Å². The van der Waals surface area contributed by atoms with E-state index in [2.05, 4.69) is 24.5 Å². The first kappa shape index (κ1) is 15.5. The van der Waals surface area contributed by atoms with E-state index in [0.29, 0.717) is 23.0 Å². The third-order valence-corrected chi connectivity index (χ3v) is 2.78. The minimum Gasteiger partial charge on any atom is -0.355 e. The van der Waals surface area contributed by atoms with Crippen LogP contribution in [0.3, 0.4) is 0 Å². The molecule has 0 aromatic heterocycles. The number of carbonyl (C=O) groups excluding carboxylic acids is 2. The quantitative estimate of drug-likeness (QED) is 0.841. The van der Waals surface area contributed by atoms with Crippen molar-refractivity contribution in [3.05, 3.63) is 34.9 Å². The Balaban J connectivity index is 2.32. The van der Waals surface area contributed by atoms with E-state index in [1.165, 1.54) is 0 Å². The van der Waals surface area contributed by atoms with Crippen LogP contribution in [0.25, 0.3) is 0 Å². The van der Waals surface area contributed by atoms with Gasteiger partial charge in [-0.3, -0.25) is 9.59 Å². The fourth-order valence-electron chi connectivity index (χ4n) is 1.46. The maximum absolute atomic E-state index is 11.7. The third kappa shape index (κ3) is 6.25. The molecule has 0 aliphatic carbocycles. The van der Waals surface area contributed by atoms with Crippen LogP contribution in [0.4, 0.5) is 0 Å². The van der Waals surface area contributed by atoms with Gasteiger partial charge in [-0.15, -0.1) is 0 Å². The van der Waals surface area contributed by atoms with E-state index in [1.807, 2.05) is 0 Å². The molecule has 0 saturated heterocycles. The van der Waals surface area contributed by atoms with Gasteiger partial charge in [0.15, 0.2) is 0 Å². The Labute approximate surface area is 118 Å². The summed E-state index contributed by atoms with van der Waals surface area (Å²) in [6.07, 6.45) is 0.925. The number of benzene rings is 1. The SMILES string of the molecule is CC(C)CCNC(=O)CNC(=O)c1cccc(Cl)c1. The maximum Gasteiger partial charge on any atom is 0.251 e. The van der Waals surface area contributed by atoms with Gasteiger partial charge in [-0.25, -0.2) is 0 Å². The predicted octanol–water partition coefficient (Wildman–Crippen LogP) is 2.23. The summed E-state index contributed by atoms with van der Waals surface area (Å²) in [4.78, 5) is 23.2. The second kappa shape index (κ2) is 7.79. The van der Waals surface area contributed by atoms with Crippen molar-refractivity contribution in [3.63, 3.8) is 0 Å². The van der Waals surface area contributed by atoms with Crippen LogP contribution in [0, 0.1) is 5.92 Å². The first-order valence-corrected chi connectivity index (χ1v) is 6.67. The van der Waals surface area contributed by atoms with Crippen molar-refractivity contribution in [1.29, 1.82) is 0 Å². The molecule has 2 N–H and O–H groups in total. The summed E-state index contributed by atoms with van der Waals surface area (Å²) in [6.45, 7) is 4.78. The molecule has 104 valence electrons. The first-order chi connectivity index (χ1) is 8.99. The molecule has 1 rings (SSSR count). The molecule has 0 bridgehead atoms. The van der Waals surface area contributed by atoms with E-state index in [1.54, 1.807) is 24.3 Å². The molecule has 1 aromatic rings. The molecule has 0 atom stereocenters. The van der Waals surface area contributed by atoms with Crippen molar-refractivity contribution in [1.82, 2.24) is 10.6 Å². The summed E-state index contributed by atoms with van der Waals surface area (Å²) in [5.74, 6) is 0.0545. The summed E-state index contributed by atoms with van der Waals surface area (Å²) >= 11 is 5.79. The lowest BCUT2D eigenvalue weighted by molar-refractivity contribution is -0.120. The highest BCUT2D eigenvalue weighted by Crippen LogP contribution is 2.10. The van der Waals surface area contributed by atoms with Crippen molar-refractivity contribution in [3.8, 4) is 0 Å². The Bertz CT molecular complexity index is 447. The normalized spacial score (nSPS) is 10.3. The van der Waals surface area contributed by atoms with Gasteiger partial charge >= 0.3 is 0 Å². The fourth-order valence-corrected chi connectivity index (χ4v) is 1.65. The molecule has 0 fully saturated rings. The lowest BCUT2D eigenvalue weighted by Crippen LogP contribution is -2.37. The molecule has 0 unspecified atom stereocenters. The van der Waals surface area contributed by atoms with E-state index >= 15 is 0 Å². The highest BCUT2D eigenvalue weighted by Gasteiger charge is 2.08. The molecule has 4 nitrogen and oxygen atoms in total. The number of amides is 2. The van der Waals surface area contributed by atoms with Crippen LogP contribution in [0.2, 0.25) is 5.02 Å². The Morgan fingerprint density at radius 1 is 1.26 bits per heavy atom. The molecule has 19 heavy (non-hydrogen) atoms. The summed E-state index contributed by atoms with van der Waals surface area (Å²) in [5, 5.41) is 5.80. The minimum absolute atomic E-state index is 0.0244. The number of hydrogen-bond donors (Lipinski definition) is 2. The fraction of sp³-hybridized carbons (Fsp3) is 0.429. The van der Waals surface area contributed by atoms with E-state index in [9.17, 15) is 9.59 Å². The largest absolute Gasteiger partial charge is 0.355 e. The molecule has 0 saturated carbocycles. The van der Waals surface area contributed by atoms with E-state index < -0.39 is 0 Å². The van der Waals surface area contributed by atoms with Gasteiger partial charge in [-0.2, -0.15) is 0 Å². The lowest BCUT2D eigenvalue weighted by atomic mass is 10.1. The molecule has 0 heterocycles. The second-order valence-corrected chi connectivity index (χ2v) is 5.16. The molecular formula is C14H19ClN2O2. The van der Waals surface area contributed by atoms with Crippen molar-refractivity contribution in [2.24, 2.45) is 5.92 Å². The monoisotopic (exact) mass is 282 g/mol. The van der Waals surface area contributed by atoms with Gasteiger partial charge in [-0.05, 0) is 30.5 Å². The Hall–Kier alpha value is -1.55. The maximum atomic E-state index is 11.7. The highest BCUT2D eigenvalue weighted by atomic mass is 35.5. The molecule has 0 aliphatic heterocycles. The Morgan fingerprint density at radius 2 is 2.00 bits per heavy atom. The molecule has 2 amide bonds. The van der Waals surface area contributed by atoms with Gasteiger partial charge < -0.3 is 10.6 Å². The zero-order valence-electron chi connectivity index (χ0n) is 11.2. The van der Waals surface area contributed by atoms with Crippen molar-refractivity contribution < 1.29 is 9.59 Å². The average Bonchev–Trinajstić information content (AvgIpc) is 2.35. The summed E-state index contributed by atoms with van der Waals surface area (Å²) in [7, 11) is 0. The van der Waals surface area contributed by atoms with Gasteiger partial charge in [0.1, 0.15) is 0 Å². The standard InChI is InChI=1S/C14H19ClN2O2/c1-10(2)6-7-16-13(18)9-17-14(19)11-4-3-5-12(15)8-11/h3-5,8,10H,6-7,9H2,1-2H3,(H,16,18)(H,17,19). The smallest absolute Gasteiger partial charge is 0.251 e. The van der Waals surface area contributed by atoms with Crippen LogP contribution in [0.5, 0.6) is 0 Å². The molecule has 5 heteroatoms. The number of halogens is 1. The number of nitrogens with one attached hydrogen (secondary N) is 2. The molecule has 0 spiro atoms. The van der Waals surface area contributed by atoms with Crippen LogP contribution in [-0.2, 0) is 4.79 Å². The number of rotatable bonds is 6. The third-order valence-electron chi connectivity index (χ3n) is 2.54. The van der Waals surface area contributed by atoms with Gasteiger partial charge in [0.05, 0.1) is 6.54 Å². The summed E-state index contributed by atoms with van der Waals surface area (Å²) in [6, 6.07) is 6.60. The topological polar surface area (TPSA) is 58.2 Å². The van der Waals surface area contributed by atoms with Gasteiger partial charge in [0.25, 0.3) is 5.91 Å². The zero-order chi connectivity index (χ0) is 14.3. The molecular weight excluding hydrogens is 264 g/mol. The van der Waals surface area contributed by atoms with Crippen LogP contribution >= 0.6 is 11.6 Å². The Morgan fingerprint density at radius 3 is 2.63 bits per heavy atom. The van der Waals surface area contributed by atoms with Crippen LogP contribution in [0.15, 0.2) is 24.3 Å². The average molecular weight is 283 g/mol. The Kier molecular flexibility index (Phi) is 6.36. The summed E-state index contributed by atoms with van der Waals surface area (Å²) in [5.41, 5.74) is 0.447. The van der Waals surface area contributed by atoms with E-state index in [-0.39, 0.29) is 18.4 Å². The highest BCUT2D eigenvalue weighted by molar-refractivity contribution is 6.30. The van der Waals surface area contributed by atoms with Crippen molar-refractivity contribution in [2.75, 3.05) is 13.1 Å². The lowest BCUT2D eigenvalue weighted by Gasteiger charge is -2.08. The van der Waals surface area contributed by atoms with Crippen LogP contribution < -0.4 is 10.6 Å². The van der Waals surface area contributed by atoms with Crippen molar-refractivity contribution >= 4 is 23.4 Å². The van der Waals surface area contributed by atoms with Gasteiger partial charge in [-0.1, -0.05) is 31.5 Å². The zero-order valence-corrected chi connectivity index (χ0v) is 12.0. The molecule has 0 radical (unpaired) electrons. The number of hydrogen-bond acceptors (Lipinski definition) is 2. The molecule has 0 aliphatic rings. The number of carbonyl (C=O) groups is 2. The summed E-state index contributed by atoms with van der Waals surface area (Å²) < 4.78 is 0. The molecule has 1 aromatic carbocycles. The first-order valence-electron chi connectivity index (χ1n) is 6.29. The minimum atomic E-state index is -0.304. The van der Waals surface area contributed by atoms with E-state index in [0.717, 1.165) is 6.42 Å². The van der Waals surface area contributed by atoms with Crippen molar-refractivity contribution in [2.45, 2.75) is 20.3 Å². The predicted molar refractivity (Wildman–Crippen MR) is 76.2 cm³/mol. The van der Waals surface area contributed by atoms with E-state index in [4.69, 9.17) is 11.6 Å². The van der Waals surface area contributed by atoms with Gasteiger partial charge in [0.2, 0.25) is 5.91 Å².